The van der Waals surface area contributed by atoms with Crippen molar-refractivity contribution in [3.05, 3.63) is 71.3 Å². The van der Waals surface area contributed by atoms with E-state index in [0.717, 1.165) is 10.8 Å². The molecular formula is C19H15ClN2O4. The molecule has 1 aliphatic rings. The largest absolute Gasteiger partial charge is 0.465 e. The van der Waals surface area contributed by atoms with Crippen molar-refractivity contribution >= 4 is 40.0 Å². The summed E-state index contributed by atoms with van der Waals surface area (Å²) in [6, 6.07) is 7.26. The number of halogens is 1. The van der Waals surface area contributed by atoms with Crippen LogP contribution >= 0.6 is 11.6 Å². The van der Waals surface area contributed by atoms with Gasteiger partial charge in [0.1, 0.15) is 10.9 Å². The summed E-state index contributed by atoms with van der Waals surface area (Å²) < 4.78 is 9.68. The highest BCUT2D eigenvalue weighted by molar-refractivity contribution is 6.30. The first-order valence-corrected chi connectivity index (χ1v) is 8.03. The van der Waals surface area contributed by atoms with Gasteiger partial charge in [0.25, 0.3) is 0 Å². The average molecular weight is 371 g/mol. The maximum Gasteiger partial charge on any atom is 0.355 e. The minimum Gasteiger partial charge on any atom is -0.465 e. The highest BCUT2D eigenvalue weighted by Gasteiger charge is 2.27. The minimum atomic E-state index is -0.657. The van der Waals surface area contributed by atoms with Crippen molar-refractivity contribution in [2.24, 2.45) is 0 Å². The summed E-state index contributed by atoms with van der Waals surface area (Å²) in [6.07, 6.45) is 8.19. The van der Waals surface area contributed by atoms with Crippen molar-refractivity contribution in [3.8, 4) is 0 Å². The van der Waals surface area contributed by atoms with Crippen LogP contribution < -0.4 is 4.90 Å². The van der Waals surface area contributed by atoms with E-state index in [1.54, 1.807) is 35.5 Å². The van der Waals surface area contributed by atoms with Crippen LogP contribution in [0.15, 0.2) is 66.2 Å². The van der Waals surface area contributed by atoms with E-state index in [1.807, 2.05) is 18.2 Å². The van der Waals surface area contributed by atoms with E-state index in [-0.39, 0.29) is 11.3 Å². The lowest BCUT2D eigenvalue weighted by Crippen LogP contribution is -2.26. The molecule has 0 spiro atoms. The molecule has 0 bridgehead atoms. The van der Waals surface area contributed by atoms with E-state index >= 15 is 0 Å². The van der Waals surface area contributed by atoms with Gasteiger partial charge in [0.15, 0.2) is 0 Å². The second-order valence-electron chi connectivity index (χ2n) is 5.35. The van der Waals surface area contributed by atoms with Gasteiger partial charge in [0, 0.05) is 23.5 Å². The molecule has 26 heavy (non-hydrogen) atoms. The summed E-state index contributed by atoms with van der Waals surface area (Å²) in [5.41, 5.74) is 0.813. The zero-order chi connectivity index (χ0) is 18.7. The van der Waals surface area contributed by atoms with Crippen LogP contribution in [0, 0.1) is 0 Å². The number of nitrogens with zero attached hydrogens (tertiary/aromatic N) is 2. The number of aromatic nitrogens is 1. The topological polar surface area (TPSA) is 68.7 Å². The van der Waals surface area contributed by atoms with Crippen LogP contribution in [-0.2, 0) is 19.1 Å². The quantitative estimate of drug-likeness (QED) is 0.609. The van der Waals surface area contributed by atoms with Gasteiger partial charge in [-0.2, -0.15) is 0 Å². The molecule has 3 rings (SSSR count). The molecule has 6 nitrogen and oxygen atoms in total. The molecule has 0 aliphatic carbocycles. The van der Waals surface area contributed by atoms with Gasteiger partial charge in [0.2, 0.25) is 0 Å². The number of methoxy groups -OCH3 is 2. The normalized spacial score (nSPS) is 13.7. The first-order chi connectivity index (χ1) is 12.5. The summed E-state index contributed by atoms with van der Waals surface area (Å²) in [5.74, 6) is -1.29. The molecule has 1 aromatic carbocycles. The molecule has 0 saturated carbocycles. The standard InChI is InChI=1S/C19H15ClN2O4/c1-25-18(23)15-5-3-4-8-22(17(15)19(24)26-2)14-7-6-12-10-16(20)21-11-13(12)9-14/h3-11H,1-2H3. The minimum absolute atomic E-state index is 0.0608. The molecule has 1 aliphatic heterocycles. The van der Waals surface area contributed by atoms with Crippen molar-refractivity contribution in [2.45, 2.75) is 0 Å². The maximum absolute atomic E-state index is 12.4. The van der Waals surface area contributed by atoms with Crippen molar-refractivity contribution in [1.29, 1.82) is 0 Å². The molecule has 0 amide bonds. The molecular weight excluding hydrogens is 356 g/mol. The molecule has 0 atom stereocenters. The second kappa shape index (κ2) is 7.41. The number of rotatable bonds is 3. The lowest BCUT2D eigenvalue weighted by Gasteiger charge is -2.23. The zero-order valence-electron chi connectivity index (χ0n) is 14.1. The Morgan fingerprint density at radius 3 is 2.54 bits per heavy atom. The molecule has 2 aromatic rings. The number of pyridine rings is 1. The third-order valence-electron chi connectivity index (χ3n) is 3.84. The molecule has 0 N–H and O–H groups in total. The summed E-state index contributed by atoms with van der Waals surface area (Å²) in [6.45, 7) is 0. The number of hydrogen-bond donors (Lipinski definition) is 0. The van der Waals surface area contributed by atoms with Crippen molar-refractivity contribution < 1.29 is 19.1 Å². The monoisotopic (exact) mass is 370 g/mol. The zero-order valence-corrected chi connectivity index (χ0v) is 14.9. The van der Waals surface area contributed by atoms with Crippen molar-refractivity contribution in [2.75, 3.05) is 19.1 Å². The Morgan fingerprint density at radius 1 is 1.04 bits per heavy atom. The van der Waals surface area contributed by atoms with Gasteiger partial charge < -0.3 is 14.4 Å². The number of anilines is 1. The van der Waals surface area contributed by atoms with Gasteiger partial charge in [-0.1, -0.05) is 23.7 Å². The van der Waals surface area contributed by atoms with Gasteiger partial charge in [-0.25, -0.2) is 14.6 Å². The number of ether oxygens (including phenoxy) is 2. The molecule has 0 unspecified atom stereocenters. The molecule has 7 heteroatoms. The van der Waals surface area contributed by atoms with Gasteiger partial charge in [-0.15, -0.1) is 0 Å². The Hall–Kier alpha value is -3.12. The number of fused-ring (bicyclic) bond motifs is 1. The fourth-order valence-electron chi connectivity index (χ4n) is 2.62. The van der Waals surface area contributed by atoms with Crippen LogP contribution in [0.1, 0.15) is 0 Å². The predicted molar refractivity (Wildman–Crippen MR) is 98.6 cm³/mol. The molecule has 2 heterocycles. The third kappa shape index (κ3) is 3.32. The Morgan fingerprint density at radius 2 is 1.81 bits per heavy atom. The maximum atomic E-state index is 12.4. The summed E-state index contributed by atoms with van der Waals surface area (Å²) in [4.78, 5) is 30.2. The van der Waals surface area contributed by atoms with Gasteiger partial charge in [0.05, 0.1) is 19.8 Å². The predicted octanol–water partition coefficient (Wildman–Crippen LogP) is 3.38. The fraction of sp³-hybridized carbons (Fsp3) is 0.105. The van der Waals surface area contributed by atoms with Gasteiger partial charge in [-0.3, -0.25) is 0 Å². The fourth-order valence-corrected chi connectivity index (χ4v) is 2.78. The molecule has 0 radical (unpaired) electrons. The number of carbonyl (C=O) groups excluding carboxylic acids is 2. The number of esters is 2. The first-order valence-electron chi connectivity index (χ1n) is 7.65. The van der Waals surface area contributed by atoms with Crippen LogP contribution in [0.3, 0.4) is 0 Å². The van der Waals surface area contributed by atoms with E-state index in [9.17, 15) is 9.59 Å². The lowest BCUT2D eigenvalue weighted by molar-refractivity contribution is -0.139. The highest BCUT2D eigenvalue weighted by Crippen LogP contribution is 2.29. The van der Waals surface area contributed by atoms with Gasteiger partial charge >= 0.3 is 11.9 Å². The smallest absolute Gasteiger partial charge is 0.355 e. The van der Waals surface area contributed by atoms with E-state index < -0.39 is 11.9 Å². The van der Waals surface area contributed by atoms with E-state index in [0.29, 0.717) is 10.8 Å². The van der Waals surface area contributed by atoms with Gasteiger partial charge in [-0.05, 0) is 35.7 Å². The van der Waals surface area contributed by atoms with Crippen LogP contribution in [0.5, 0.6) is 0 Å². The first kappa shape index (κ1) is 17.7. The molecule has 132 valence electrons. The Bertz CT molecular complexity index is 979. The molecule has 1 aromatic heterocycles. The lowest BCUT2D eigenvalue weighted by atomic mass is 10.1. The number of hydrogen-bond acceptors (Lipinski definition) is 6. The van der Waals surface area contributed by atoms with Crippen LogP contribution in [-0.4, -0.2) is 31.1 Å². The van der Waals surface area contributed by atoms with Crippen LogP contribution in [0.2, 0.25) is 5.15 Å². The second-order valence-corrected chi connectivity index (χ2v) is 5.74. The Kier molecular flexibility index (Phi) is 5.04. The van der Waals surface area contributed by atoms with E-state index in [2.05, 4.69) is 4.98 Å². The van der Waals surface area contributed by atoms with E-state index in [1.165, 1.54) is 20.3 Å². The van der Waals surface area contributed by atoms with Crippen LogP contribution in [0.4, 0.5) is 5.69 Å². The highest BCUT2D eigenvalue weighted by atomic mass is 35.5. The summed E-state index contributed by atoms with van der Waals surface area (Å²) in [7, 11) is 2.51. The summed E-state index contributed by atoms with van der Waals surface area (Å²) >= 11 is 5.92. The Balaban J connectivity index is 2.18. The van der Waals surface area contributed by atoms with Crippen molar-refractivity contribution in [3.63, 3.8) is 0 Å². The average Bonchev–Trinajstić information content (AvgIpc) is 2.89. The van der Waals surface area contributed by atoms with Crippen LogP contribution in [0.25, 0.3) is 10.8 Å². The van der Waals surface area contributed by atoms with Crippen molar-refractivity contribution in [1.82, 2.24) is 4.98 Å². The molecule has 0 fully saturated rings. The summed E-state index contributed by atoms with van der Waals surface area (Å²) in [5, 5.41) is 2.14. The molecule has 0 saturated heterocycles. The third-order valence-corrected chi connectivity index (χ3v) is 4.05. The SMILES string of the molecule is COC(=O)C1=C(C(=O)OC)N(c2ccc3cc(Cl)ncc3c2)C=CC=C1. The number of carbonyl (C=O) groups is 2. The number of allylic oxidation sites excluding steroid dienone is 2. The number of benzene rings is 1. The van der Waals surface area contributed by atoms with E-state index in [4.69, 9.17) is 21.1 Å². The Labute approximate surface area is 155 Å².